The van der Waals surface area contributed by atoms with E-state index in [0.29, 0.717) is 29.3 Å². The fourth-order valence-electron chi connectivity index (χ4n) is 4.70. The van der Waals surface area contributed by atoms with Gasteiger partial charge in [-0.15, -0.1) is 0 Å². The van der Waals surface area contributed by atoms with Gasteiger partial charge in [0.15, 0.2) is 5.65 Å². The summed E-state index contributed by atoms with van der Waals surface area (Å²) in [6, 6.07) is 12.8. The molecular weight excluding hydrogens is 512 g/mol. The molecule has 1 fully saturated rings. The summed E-state index contributed by atoms with van der Waals surface area (Å²) in [5, 5.41) is 25.4. The number of rotatable bonds is 9. The van der Waals surface area contributed by atoms with E-state index in [-0.39, 0.29) is 30.5 Å². The summed E-state index contributed by atoms with van der Waals surface area (Å²) in [5.41, 5.74) is 3.47. The molecule has 4 aromatic rings. The lowest BCUT2D eigenvalue weighted by Gasteiger charge is -2.36. The van der Waals surface area contributed by atoms with Crippen LogP contribution in [0.1, 0.15) is 5.56 Å². The first kappa shape index (κ1) is 26.9. The Kier molecular flexibility index (Phi) is 8.10. The first-order chi connectivity index (χ1) is 19.5. The first-order valence-corrected chi connectivity index (χ1v) is 12.9. The number of aromatic nitrogens is 4. The number of benzene rings is 2. The molecule has 2 aromatic carbocycles. The molecule has 1 aliphatic rings. The molecule has 12 heteroatoms. The third kappa shape index (κ3) is 5.83. The third-order valence-corrected chi connectivity index (χ3v) is 6.73. The fraction of sp³-hybridized carbons (Fsp3) is 0.250. The number of nitrogens with zero attached hydrogens (tertiary/aromatic N) is 6. The number of aliphatic hydroxyl groups excluding tert-OH is 2. The molecule has 206 valence electrons. The Labute approximate surface area is 230 Å². The van der Waals surface area contributed by atoms with Crippen molar-refractivity contribution in [2.45, 2.75) is 6.61 Å². The van der Waals surface area contributed by atoms with Gasteiger partial charge in [0.1, 0.15) is 11.7 Å². The normalized spacial score (nSPS) is 13.8. The molecule has 2 aromatic heterocycles. The molecule has 0 spiro atoms. The van der Waals surface area contributed by atoms with Gasteiger partial charge < -0.3 is 25.7 Å². The van der Waals surface area contributed by atoms with E-state index in [9.17, 15) is 19.8 Å². The van der Waals surface area contributed by atoms with Crippen LogP contribution in [0.4, 0.5) is 23.0 Å². The van der Waals surface area contributed by atoms with E-state index >= 15 is 0 Å². The zero-order valence-electron chi connectivity index (χ0n) is 21.8. The van der Waals surface area contributed by atoms with Gasteiger partial charge in [0.05, 0.1) is 18.9 Å². The molecule has 0 radical (unpaired) electrons. The standard InChI is InChI=1S/C28H30N8O4/c1-2-25(39)31-20-4-3-5-22(15-20)36-18-30-27(40)23-16-29-28(33-26(23)36)32-21-6-7-24(19(14-21)17-38)35-10-8-34(9-11-35)12-13-37/h2-7,14-16,18,37-38H,1,8-13,17H2,(H,31,39)(H,29,32,33). The van der Waals surface area contributed by atoms with Crippen molar-refractivity contribution in [1.82, 2.24) is 24.4 Å². The molecule has 0 saturated carbocycles. The quantitative estimate of drug-likeness (QED) is 0.230. The molecular formula is C28H30N8O4. The van der Waals surface area contributed by atoms with Crippen LogP contribution >= 0.6 is 0 Å². The van der Waals surface area contributed by atoms with E-state index in [1.165, 1.54) is 18.6 Å². The van der Waals surface area contributed by atoms with E-state index in [1.54, 1.807) is 28.8 Å². The smallest absolute Gasteiger partial charge is 0.283 e. The predicted molar refractivity (Wildman–Crippen MR) is 153 cm³/mol. The lowest BCUT2D eigenvalue weighted by molar-refractivity contribution is -0.111. The molecule has 0 unspecified atom stereocenters. The Hall–Kier alpha value is -4.65. The largest absolute Gasteiger partial charge is 0.395 e. The van der Waals surface area contributed by atoms with Crippen molar-refractivity contribution in [1.29, 1.82) is 0 Å². The van der Waals surface area contributed by atoms with E-state index in [0.717, 1.165) is 37.4 Å². The van der Waals surface area contributed by atoms with Crippen molar-refractivity contribution in [3.8, 4) is 5.69 Å². The second kappa shape index (κ2) is 12.0. The zero-order chi connectivity index (χ0) is 28.1. The summed E-state index contributed by atoms with van der Waals surface area (Å²) in [4.78, 5) is 41.5. The predicted octanol–water partition coefficient (Wildman–Crippen LogP) is 1.65. The molecule has 40 heavy (non-hydrogen) atoms. The molecule has 3 heterocycles. The van der Waals surface area contributed by atoms with Crippen LogP contribution in [0.25, 0.3) is 16.7 Å². The van der Waals surface area contributed by atoms with Crippen LogP contribution in [0, 0.1) is 0 Å². The number of carbonyl (C=O) groups is 1. The van der Waals surface area contributed by atoms with Crippen molar-refractivity contribution in [3.63, 3.8) is 0 Å². The number of β-amino-alcohol motifs (C(OH)–C–C–N with tert-alkyl or cyclic N) is 1. The van der Waals surface area contributed by atoms with E-state index in [4.69, 9.17) is 0 Å². The Morgan fingerprint density at radius 1 is 1.05 bits per heavy atom. The number of carbonyl (C=O) groups excluding carboxylic acids is 1. The van der Waals surface area contributed by atoms with Gasteiger partial charge >= 0.3 is 0 Å². The van der Waals surface area contributed by atoms with Crippen molar-refractivity contribution >= 4 is 40.0 Å². The second-order valence-electron chi connectivity index (χ2n) is 9.27. The fourth-order valence-corrected chi connectivity index (χ4v) is 4.70. The minimum absolute atomic E-state index is 0.135. The highest BCUT2D eigenvalue weighted by molar-refractivity contribution is 5.99. The highest BCUT2D eigenvalue weighted by Crippen LogP contribution is 2.27. The molecule has 12 nitrogen and oxygen atoms in total. The number of nitrogens with one attached hydrogen (secondary N) is 2. The van der Waals surface area contributed by atoms with Gasteiger partial charge in [-0.3, -0.25) is 19.1 Å². The topological polar surface area (TPSA) is 149 Å². The van der Waals surface area contributed by atoms with Crippen LogP contribution in [0.2, 0.25) is 0 Å². The maximum absolute atomic E-state index is 12.5. The van der Waals surface area contributed by atoms with Gasteiger partial charge in [0, 0.05) is 61.5 Å². The van der Waals surface area contributed by atoms with Crippen LogP contribution in [-0.2, 0) is 11.4 Å². The maximum Gasteiger partial charge on any atom is 0.283 e. The van der Waals surface area contributed by atoms with Crippen molar-refractivity contribution in [2.75, 3.05) is 54.9 Å². The zero-order valence-corrected chi connectivity index (χ0v) is 21.8. The highest BCUT2D eigenvalue weighted by atomic mass is 16.3. The molecule has 1 saturated heterocycles. The van der Waals surface area contributed by atoms with Gasteiger partial charge in [-0.1, -0.05) is 12.6 Å². The van der Waals surface area contributed by atoms with Gasteiger partial charge in [-0.2, -0.15) is 9.97 Å². The van der Waals surface area contributed by atoms with E-state index < -0.39 is 5.56 Å². The molecule has 1 aliphatic heterocycles. The minimum Gasteiger partial charge on any atom is -0.395 e. The molecule has 1 amide bonds. The molecule has 0 aliphatic carbocycles. The van der Waals surface area contributed by atoms with Crippen LogP contribution in [0.3, 0.4) is 0 Å². The lowest BCUT2D eigenvalue weighted by Crippen LogP contribution is -2.47. The molecule has 0 bridgehead atoms. The van der Waals surface area contributed by atoms with Gasteiger partial charge in [0.2, 0.25) is 11.9 Å². The molecule has 0 atom stereocenters. The second-order valence-corrected chi connectivity index (χ2v) is 9.27. The van der Waals surface area contributed by atoms with Crippen molar-refractivity contribution < 1.29 is 15.0 Å². The van der Waals surface area contributed by atoms with Crippen LogP contribution in [-0.4, -0.2) is 79.9 Å². The number of aliphatic hydroxyl groups is 2. The van der Waals surface area contributed by atoms with Gasteiger partial charge in [-0.05, 0) is 42.5 Å². The number of amides is 1. The number of hydrogen-bond acceptors (Lipinski definition) is 10. The maximum atomic E-state index is 12.5. The number of fused-ring (bicyclic) bond motifs is 1. The van der Waals surface area contributed by atoms with Gasteiger partial charge in [-0.25, -0.2) is 4.98 Å². The lowest BCUT2D eigenvalue weighted by atomic mass is 10.1. The third-order valence-electron chi connectivity index (χ3n) is 6.73. The summed E-state index contributed by atoms with van der Waals surface area (Å²) in [6.07, 6.45) is 3.99. The molecule has 4 N–H and O–H groups in total. The number of anilines is 4. The van der Waals surface area contributed by atoms with E-state index in [2.05, 4.69) is 42.0 Å². The van der Waals surface area contributed by atoms with E-state index in [1.807, 2.05) is 18.2 Å². The Morgan fingerprint density at radius 2 is 1.88 bits per heavy atom. The monoisotopic (exact) mass is 542 g/mol. The van der Waals surface area contributed by atoms with Crippen molar-refractivity contribution in [3.05, 3.63) is 83.6 Å². The number of piperazine rings is 1. The van der Waals surface area contributed by atoms with Crippen LogP contribution in [0.5, 0.6) is 0 Å². The van der Waals surface area contributed by atoms with Crippen molar-refractivity contribution in [2.24, 2.45) is 0 Å². The first-order valence-electron chi connectivity index (χ1n) is 12.9. The van der Waals surface area contributed by atoms with Crippen LogP contribution < -0.4 is 21.1 Å². The summed E-state index contributed by atoms with van der Waals surface area (Å²) in [5.74, 6) is -0.0803. The minimum atomic E-state index is -0.458. The Balaban J connectivity index is 1.42. The highest BCUT2D eigenvalue weighted by Gasteiger charge is 2.19. The summed E-state index contributed by atoms with van der Waals surface area (Å²) < 4.78 is 1.64. The Bertz CT molecular complexity index is 1600. The van der Waals surface area contributed by atoms with Gasteiger partial charge in [0.25, 0.3) is 5.56 Å². The Morgan fingerprint density at radius 3 is 2.62 bits per heavy atom. The summed E-state index contributed by atoms with van der Waals surface area (Å²) in [6.45, 7) is 7.44. The average molecular weight is 543 g/mol. The SMILES string of the molecule is C=CC(=O)Nc1cccc(-n2cnc(=O)c3cnc(Nc4ccc(N5CCN(CCO)CC5)c(CO)c4)nc32)c1. The average Bonchev–Trinajstić information content (AvgIpc) is 2.98. The number of hydrogen-bond donors (Lipinski definition) is 4. The summed E-state index contributed by atoms with van der Waals surface area (Å²) in [7, 11) is 0. The summed E-state index contributed by atoms with van der Waals surface area (Å²) >= 11 is 0. The van der Waals surface area contributed by atoms with Crippen LogP contribution in [0.15, 0.2) is 72.4 Å². The molecule has 5 rings (SSSR count).